The summed E-state index contributed by atoms with van der Waals surface area (Å²) in [5, 5.41) is 0. The van der Waals surface area contributed by atoms with Crippen molar-refractivity contribution in [1.29, 1.82) is 0 Å². The fraction of sp³-hybridized carbons (Fsp3) is 0.938. The van der Waals surface area contributed by atoms with Crippen molar-refractivity contribution in [2.24, 2.45) is 17.3 Å². The number of hydrogen-bond acceptors (Lipinski definition) is 2. The Kier molecular flexibility index (Phi) is 5.68. The van der Waals surface area contributed by atoms with E-state index in [4.69, 9.17) is 4.74 Å². The van der Waals surface area contributed by atoms with Gasteiger partial charge in [0, 0.05) is 0 Å². The van der Waals surface area contributed by atoms with Crippen LogP contribution in [0, 0.1) is 17.3 Å². The number of carbonyl (C=O) groups is 1. The third-order valence-corrected chi connectivity index (χ3v) is 4.29. The number of ether oxygens (including phenoxy) is 1. The zero-order valence-electron chi connectivity index (χ0n) is 12.8. The Bertz CT molecular complexity index is 272. The molecule has 0 bridgehead atoms. The van der Waals surface area contributed by atoms with E-state index in [-0.39, 0.29) is 17.5 Å². The standard InChI is InChI=1S/C16H30O2/c1-6-16(5,11-12(2)3)15(17)18-14-9-7-8-13(4)10-14/h12-14H,6-11H2,1-5H3. The van der Waals surface area contributed by atoms with Crippen molar-refractivity contribution < 1.29 is 9.53 Å². The topological polar surface area (TPSA) is 26.3 Å². The molecule has 0 radical (unpaired) electrons. The van der Waals surface area contributed by atoms with Gasteiger partial charge in [0.15, 0.2) is 0 Å². The van der Waals surface area contributed by atoms with E-state index >= 15 is 0 Å². The quantitative estimate of drug-likeness (QED) is 0.672. The van der Waals surface area contributed by atoms with Gasteiger partial charge < -0.3 is 4.74 Å². The minimum atomic E-state index is -0.297. The Morgan fingerprint density at radius 1 is 1.39 bits per heavy atom. The lowest BCUT2D eigenvalue weighted by Crippen LogP contribution is -2.35. The molecule has 106 valence electrons. The summed E-state index contributed by atoms with van der Waals surface area (Å²) in [5.74, 6) is 1.26. The van der Waals surface area contributed by atoms with Gasteiger partial charge in [-0.3, -0.25) is 4.79 Å². The van der Waals surface area contributed by atoms with Crippen molar-refractivity contribution in [2.75, 3.05) is 0 Å². The highest BCUT2D eigenvalue weighted by molar-refractivity contribution is 5.76. The molecule has 0 aliphatic heterocycles. The summed E-state index contributed by atoms with van der Waals surface area (Å²) in [6, 6.07) is 0. The largest absolute Gasteiger partial charge is 0.462 e. The highest BCUT2D eigenvalue weighted by Crippen LogP contribution is 2.34. The van der Waals surface area contributed by atoms with E-state index in [0.29, 0.717) is 11.8 Å². The van der Waals surface area contributed by atoms with Gasteiger partial charge in [0.25, 0.3) is 0 Å². The van der Waals surface area contributed by atoms with E-state index in [9.17, 15) is 4.79 Å². The molecule has 1 aliphatic rings. The molecule has 0 saturated heterocycles. The first-order valence-corrected chi connectivity index (χ1v) is 7.58. The van der Waals surface area contributed by atoms with Crippen molar-refractivity contribution in [1.82, 2.24) is 0 Å². The molecule has 0 amide bonds. The average Bonchev–Trinajstić information content (AvgIpc) is 2.27. The molecule has 3 atom stereocenters. The summed E-state index contributed by atoms with van der Waals surface area (Å²) >= 11 is 0. The third kappa shape index (κ3) is 4.29. The maximum Gasteiger partial charge on any atom is 0.312 e. The lowest BCUT2D eigenvalue weighted by molar-refractivity contribution is -0.164. The molecular weight excluding hydrogens is 224 g/mol. The Morgan fingerprint density at radius 2 is 2.06 bits per heavy atom. The Balaban J connectivity index is 2.56. The van der Waals surface area contributed by atoms with Crippen LogP contribution < -0.4 is 0 Å². The normalized spacial score (nSPS) is 27.9. The number of esters is 1. The zero-order valence-corrected chi connectivity index (χ0v) is 12.8. The van der Waals surface area contributed by atoms with Gasteiger partial charge in [-0.2, -0.15) is 0 Å². The van der Waals surface area contributed by atoms with Crippen molar-refractivity contribution in [3.05, 3.63) is 0 Å². The number of carbonyl (C=O) groups excluding carboxylic acids is 1. The van der Waals surface area contributed by atoms with E-state index < -0.39 is 0 Å². The summed E-state index contributed by atoms with van der Waals surface area (Å²) < 4.78 is 5.78. The number of hydrogen-bond donors (Lipinski definition) is 0. The Hall–Kier alpha value is -0.530. The van der Waals surface area contributed by atoms with Crippen molar-refractivity contribution in [3.8, 4) is 0 Å². The van der Waals surface area contributed by atoms with Crippen LogP contribution in [0.5, 0.6) is 0 Å². The second kappa shape index (κ2) is 6.58. The van der Waals surface area contributed by atoms with Crippen molar-refractivity contribution >= 4 is 5.97 Å². The smallest absolute Gasteiger partial charge is 0.312 e. The molecular formula is C16H30O2. The van der Waals surface area contributed by atoms with Crippen LogP contribution in [0.15, 0.2) is 0 Å². The molecule has 0 aromatic carbocycles. The van der Waals surface area contributed by atoms with E-state index in [2.05, 4.69) is 34.6 Å². The monoisotopic (exact) mass is 254 g/mol. The second-order valence-corrected chi connectivity index (χ2v) is 6.81. The molecule has 3 unspecified atom stereocenters. The van der Waals surface area contributed by atoms with E-state index in [1.807, 2.05) is 0 Å². The van der Waals surface area contributed by atoms with Gasteiger partial charge >= 0.3 is 5.97 Å². The lowest BCUT2D eigenvalue weighted by Gasteiger charge is -2.32. The summed E-state index contributed by atoms with van der Waals surface area (Å²) in [6.45, 7) is 10.7. The van der Waals surface area contributed by atoms with Crippen LogP contribution in [0.25, 0.3) is 0 Å². The van der Waals surface area contributed by atoms with Gasteiger partial charge in [0.2, 0.25) is 0 Å². The fourth-order valence-electron chi connectivity index (χ4n) is 3.05. The van der Waals surface area contributed by atoms with Crippen LogP contribution in [-0.4, -0.2) is 12.1 Å². The van der Waals surface area contributed by atoms with Crippen molar-refractivity contribution in [3.63, 3.8) is 0 Å². The predicted molar refractivity (Wildman–Crippen MR) is 75.4 cm³/mol. The minimum absolute atomic E-state index is 0.0257. The van der Waals surface area contributed by atoms with E-state index in [1.165, 1.54) is 12.8 Å². The molecule has 0 aromatic rings. The highest BCUT2D eigenvalue weighted by atomic mass is 16.5. The molecule has 1 rings (SSSR count). The van der Waals surface area contributed by atoms with E-state index in [1.54, 1.807) is 0 Å². The van der Waals surface area contributed by atoms with Crippen LogP contribution in [0.2, 0.25) is 0 Å². The lowest BCUT2D eigenvalue weighted by atomic mass is 9.79. The SMILES string of the molecule is CCC(C)(CC(C)C)C(=O)OC1CCCC(C)C1. The molecule has 0 spiro atoms. The first kappa shape index (κ1) is 15.5. The molecule has 1 saturated carbocycles. The maximum absolute atomic E-state index is 12.4. The molecule has 0 aromatic heterocycles. The second-order valence-electron chi connectivity index (χ2n) is 6.81. The minimum Gasteiger partial charge on any atom is -0.462 e. The molecule has 1 aliphatic carbocycles. The van der Waals surface area contributed by atoms with Gasteiger partial charge in [-0.05, 0) is 50.9 Å². The summed E-state index contributed by atoms with van der Waals surface area (Å²) in [4.78, 5) is 12.4. The fourth-order valence-corrected chi connectivity index (χ4v) is 3.05. The Labute approximate surface area is 112 Å². The molecule has 0 N–H and O–H groups in total. The molecule has 1 fully saturated rings. The number of rotatable bonds is 5. The molecule has 0 heterocycles. The van der Waals surface area contributed by atoms with Gasteiger partial charge in [0.05, 0.1) is 5.41 Å². The molecule has 2 nitrogen and oxygen atoms in total. The first-order chi connectivity index (χ1) is 8.37. The van der Waals surface area contributed by atoms with Gasteiger partial charge in [-0.25, -0.2) is 0 Å². The molecule has 2 heteroatoms. The van der Waals surface area contributed by atoms with E-state index in [0.717, 1.165) is 25.7 Å². The summed E-state index contributed by atoms with van der Waals surface area (Å²) in [5.41, 5.74) is -0.297. The maximum atomic E-state index is 12.4. The van der Waals surface area contributed by atoms with Gasteiger partial charge in [-0.1, -0.05) is 34.1 Å². The van der Waals surface area contributed by atoms with Crippen molar-refractivity contribution in [2.45, 2.75) is 79.2 Å². The summed E-state index contributed by atoms with van der Waals surface area (Å²) in [7, 11) is 0. The highest BCUT2D eigenvalue weighted by Gasteiger charge is 2.35. The Morgan fingerprint density at radius 3 is 2.56 bits per heavy atom. The van der Waals surface area contributed by atoms with Crippen LogP contribution >= 0.6 is 0 Å². The van der Waals surface area contributed by atoms with Gasteiger partial charge in [-0.15, -0.1) is 0 Å². The average molecular weight is 254 g/mol. The molecule has 18 heavy (non-hydrogen) atoms. The van der Waals surface area contributed by atoms with Gasteiger partial charge in [0.1, 0.15) is 6.10 Å². The third-order valence-electron chi connectivity index (χ3n) is 4.29. The predicted octanol–water partition coefficient (Wildman–Crippen LogP) is 4.57. The van der Waals surface area contributed by atoms with Crippen LogP contribution in [0.4, 0.5) is 0 Å². The zero-order chi connectivity index (χ0) is 13.8. The summed E-state index contributed by atoms with van der Waals surface area (Å²) in [6.07, 6.45) is 6.54. The van der Waals surface area contributed by atoms with Crippen LogP contribution in [0.3, 0.4) is 0 Å². The van der Waals surface area contributed by atoms with Crippen LogP contribution in [-0.2, 0) is 9.53 Å². The van der Waals surface area contributed by atoms with Crippen LogP contribution in [0.1, 0.15) is 73.1 Å². The first-order valence-electron chi connectivity index (χ1n) is 7.58.